The molecule has 0 unspecified atom stereocenters. The monoisotopic (exact) mass is 426 g/mol. The zero-order chi connectivity index (χ0) is 22.7. The number of ether oxygens (including phenoxy) is 1. The van der Waals surface area contributed by atoms with Crippen LogP contribution in [0.2, 0.25) is 0 Å². The molecule has 2 amide bonds. The quantitative estimate of drug-likeness (QED) is 0.512. The fourth-order valence-corrected chi connectivity index (χ4v) is 3.49. The van der Waals surface area contributed by atoms with Crippen molar-refractivity contribution in [2.45, 2.75) is 20.8 Å². The van der Waals surface area contributed by atoms with Crippen LogP contribution in [0.25, 0.3) is 5.57 Å². The molecule has 0 atom stereocenters. The standard InChI is InChI=1S/C27H26N2O3/c1-18(2)17-32-23-15-11-20(12-16-23)24-25(28-21-7-5-4-6-8-21)27(31)29(26(24)30)22-13-9-19(3)10-14-22/h4-16,18,28H,17H2,1-3H3. The van der Waals surface area contributed by atoms with E-state index in [1.54, 1.807) is 12.1 Å². The van der Waals surface area contributed by atoms with E-state index in [0.717, 1.165) is 17.0 Å². The van der Waals surface area contributed by atoms with Gasteiger partial charge in [-0.05, 0) is 54.8 Å². The number of amides is 2. The summed E-state index contributed by atoms with van der Waals surface area (Å²) in [7, 11) is 0. The molecule has 5 nitrogen and oxygen atoms in total. The number of hydrogen-bond donors (Lipinski definition) is 1. The van der Waals surface area contributed by atoms with Crippen LogP contribution >= 0.6 is 0 Å². The third kappa shape index (κ3) is 4.42. The molecular formula is C27H26N2O3. The van der Waals surface area contributed by atoms with E-state index in [9.17, 15) is 9.59 Å². The smallest absolute Gasteiger partial charge is 0.282 e. The van der Waals surface area contributed by atoms with Crippen LogP contribution in [0.1, 0.15) is 25.0 Å². The largest absolute Gasteiger partial charge is 0.493 e. The van der Waals surface area contributed by atoms with Gasteiger partial charge in [0.05, 0.1) is 17.9 Å². The first-order valence-corrected chi connectivity index (χ1v) is 10.7. The zero-order valence-electron chi connectivity index (χ0n) is 18.5. The van der Waals surface area contributed by atoms with Crippen molar-refractivity contribution in [3.8, 4) is 5.75 Å². The number of benzene rings is 3. The molecule has 0 saturated heterocycles. The van der Waals surface area contributed by atoms with Gasteiger partial charge < -0.3 is 10.1 Å². The van der Waals surface area contributed by atoms with E-state index < -0.39 is 0 Å². The van der Waals surface area contributed by atoms with Crippen molar-refractivity contribution < 1.29 is 14.3 Å². The van der Waals surface area contributed by atoms with Gasteiger partial charge in [0.15, 0.2) is 0 Å². The minimum Gasteiger partial charge on any atom is -0.493 e. The average molecular weight is 427 g/mol. The van der Waals surface area contributed by atoms with E-state index in [1.165, 1.54) is 4.90 Å². The van der Waals surface area contributed by atoms with Crippen molar-refractivity contribution in [2.24, 2.45) is 5.92 Å². The molecule has 1 aliphatic heterocycles. The van der Waals surface area contributed by atoms with Crippen molar-refractivity contribution in [1.29, 1.82) is 0 Å². The lowest BCUT2D eigenvalue weighted by molar-refractivity contribution is -0.120. The molecule has 4 rings (SSSR count). The molecule has 5 heteroatoms. The van der Waals surface area contributed by atoms with Crippen LogP contribution in [-0.4, -0.2) is 18.4 Å². The van der Waals surface area contributed by atoms with Gasteiger partial charge in [0.25, 0.3) is 11.8 Å². The van der Waals surface area contributed by atoms with Crippen LogP contribution in [0.4, 0.5) is 11.4 Å². The highest BCUT2D eigenvalue weighted by Gasteiger charge is 2.40. The number of carbonyl (C=O) groups is 2. The molecule has 0 saturated carbocycles. The molecule has 32 heavy (non-hydrogen) atoms. The molecule has 1 heterocycles. The number of aryl methyl sites for hydroxylation is 1. The molecule has 1 N–H and O–H groups in total. The minimum atomic E-state index is -0.377. The topological polar surface area (TPSA) is 58.6 Å². The van der Waals surface area contributed by atoms with Crippen molar-refractivity contribution in [3.63, 3.8) is 0 Å². The van der Waals surface area contributed by atoms with Crippen molar-refractivity contribution in [3.05, 3.63) is 95.7 Å². The van der Waals surface area contributed by atoms with E-state index in [0.29, 0.717) is 29.3 Å². The van der Waals surface area contributed by atoms with E-state index in [2.05, 4.69) is 19.2 Å². The van der Waals surface area contributed by atoms with Crippen molar-refractivity contribution >= 4 is 28.8 Å². The minimum absolute atomic E-state index is 0.262. The highest BCUT2D eigenvalue weighted by atomic mass is 16.5. The Labute approximate surface area is 188 Å². The first-order valence-electron chi connectivity index (χ1n) is 10.7. The van der Waals surface area contributed by atoms with Gasteiger partial charge in [0.1, 0.15) is 11.4 Å². The van der Waals surface area contributed by atoms with Gasteiger partial charge in [-0.25, -0.2) is 4.90 Å². The number of nitrogens with zero attached hydrogens (tertiary/aromatic N) is 1. The van der Waals surface area contributed by atoms with Gasteiger partial charge in [-0.15, -0.1) is 0 Å². The summed E-state index contributed by atoms with van der Waals surface area (Å²) in [6.07, 6.45) is 0. The van der Waals surface area contributed by atoms with E-state index in [-0.39, 0.29) is 17.5 Å². The summed E-state index contributed by atoms with van der Waals surface area (Å²) >= 11 is 0. The maximum absolute atomic E-state index is 13.5. The van der Waals surface area contributed by atoms with Crippen LogP contribution in [-0.2, 0) is 9.59 Å². The highest BCUT2D eigenvalue weighted by molar-refractivity contribution is 6.46. The maximum atomic E-state index is 13.5. The summed E-state index contributed by atoms with van der Waals surface area (Å²) in [5.74, 6) is 0.412. The molecule has 0 spiro atoms. The molecule has 3 aromatic rings. The number of anilines is 2. The van der Waals surface area contributed by atoms with Crippen LogP contribution in [0.3, 0.4) is 0 Å². The average Bonchev–Trinajstić information content (AvgIpc) is 3.03. The summed E-state index contributed by atoms with van der Waals surface area (Å²) in [6.45, 7) is 6.75. The van der Waals surface area contributed by atoms with Gasteiger partial charge in [-0.1, -0.05) is 61.9 Å². The number of carbonyl (C=O) groups excluding carboxylic acids is 2. The summed E-state index contributed by atoms with van der Waals surface area (Å²) in [4.78, 5) is 28.1. The fourth-order valence-electron chi connectivity index (χ4n) is 3.49. The van der Waals surface area contributed by atoms with Gasteiger partial charge in [-0.3, -0.25) is 9.59 Å². The van der Waals surface area contributed by atoms with E-state index in [1.807, 2.05) is 73.7 Å². The second-order valence-electron chi connectivity index (χ2n) is 8.25. The highest BCUT2D eigenvalue weighted by Crippen LogP contribution is 2.34. The fraction of sp³-hybridized carbons (Fsp3) is 0.185. The lowest BCUT2D eigenvalue weighted by atomic mass is 10.0. The summed E-state index contributed by atoms with van der Waals surface area (Å²) in [5, 5.41) is 3.17. The molecular weight excluding hydrogens is 400 g/mol. The normalized spacial score (nSPS) is 13.8. The molecule has 3 aromatic carbocycles. The van der Waals surface area contributed by atoms with Crippen LogP contribution < -0.4 is 15.0 Å². The summed E-state index contributed by atoms with van der Waals surface area (Å²) in [6, 6.07) is 24.0. The lowest BCUT2D eigenvalue weighted by Crippen LogP contribution is -2.32. The first kappa shape index (κ1) is 21.4. The van der Waals surface area contributed by atoms with Gasteiger partial charge in [0.2, 0.25) is 0 Å². The van der Waals surface area contributed by atoms with E-state index in [4.69, 9.17) is 4.74 Å². The van der Waals surface area contributed by atoms with Crippen LogP contribution in [0, 0.1) is 12.8 Å². The molecule has 0 aliphatic carbocycles. The number of para-hydroxylation sites is 1. The Bertz CT molecular complexity index is 1150. The molecule has 162 valence electrons. The SMILES string of the molecule is Cc1ccc(N2C(=O)C(Nc3ccccc3)=C(c3ccc(OCC(C)C)cc3)C2=O)cc1. The Morgan fingerprint density at radius 2 is 1.50 bits per heavy atom. The van der Waals surface area contributed by atoms with Crippen molar-refractivity contribution in [1.82, 2.24) is 0 Å². The first-order chi connectivity index (χ1) is 15.4. The Morgan fingerprint density at radius 3 is 2.12 bits per heavy atom. The second-order valence-corrected chi connectivity index (χ2v) is 8.25. The van der Waals surface area contributed by atoms with Gasteiger partial charge in [0, 0.05) is 5.69 Å². The van der Waals surface area contributed by atoms with Gasteiger partial charge in [-0.2, -0.15) is 0 Å². The zero-order valence-corrected chi connectivity index (χ0v) is 18.5. The van der Waals surface area contributed by atoms with Crippen molar-refractivity contribution in [2.75, 3.05) is 16.8 Å². The summed E-state index contributed by atoms with van der Waals surface area (Å²) in [5.41, 5.74) is 3.61. The van der Waals surface area contributed by atoms with Crippen LogP contribution in [0.15, 0.2) is 84.6 Å². The maximum Gasteiger partial charge on any atom is 0.282 e. The molecule has 0 aromatic heterocycles. The molecule has 0 bridgehead atoms. The summed E-state index contributed by atoms with van der Waals surface area (Å²) < 4.78 is 5.76. The van der Waals surface area contributed by atoms with Gasteiger partial charge >= 0.3 is 0 Å². The third-order valence-electron chi connectivity index (χ3n) is 5.15. The second kappa shape index (κ2) is 9.10. The number of hydrogen-bond acceptors (Lipinski definition) is 4. The molecule has 0 radical (unpaired) electrons. The number of nitrogens with one attached hydrogen (secondary N) is 1. The Kier molecular flexibility index (Phi) is 6.08. The van der Waals surface area contributed by atoms with Crippen LogP contribution in [0.5, 0.6) is 5.75 Å². The third-order valence-corrected chi connectivity index (χ3v) is 5.15. The predicted octanol–water partition coefficient (Wildman–Crippen LogP) is 5.43. The predicted molar refractivity (Wildman–Crippen MR) is 127 cm³/mol. The Morgan fingerprint density at radius 1 is 0.844 bits per heavy atom. The Balaban J connectivity index is 1.72. The van der Waals surface area contributed by atoms with E-state index >= 15 is 0 Å². The lowest BCUT2D eigenvalue weighted by Gasteiger charge is -2.15. The number of imide groups is 1. The molecule has 1 aliphatic rings. The molecule has 0 fully saturated rings. The Hall–Kier alpha value is -3.86. The number of rotatable bonds is 7.